The molecule has 0 aromatic heterocycles. The van der Waals surface area contributed by atoms with Crippen molar-refractivity contribution >= 4 is 39.2 Å². The van der Waals surface area contributed by atoms with Crippen molar-refractivity contribution in [1.82, 2.24) is 0 Å². The number of halogens is 1. The fourth-order valence-electron chi connectivity index (χ4n) is 2.21. The van der Waals surface area contributed by atoms with Gasteiger partial charge in [-0.05, 0) is 35.9 Å². The van der Waals surface area contributed by atoms with Gasteiger partial charge in [-0.15, -0.1) is 0 Å². The first-order chi connectivity index (χ1) is 9.67. The van der Waals surface area contributed by atoms with Gasteiger partial charge < -0.3 is 10.1 Å². The Balaban J connectivity index is 2.06. The number of nitrogens with one attached hydrogen (secondary N) is 1. The molecule has 0 saturated carbocycles. The predicted octanol–water partition coefficient (Wildman–Crippen LogP) is 3.95. The molecule has 1 amide bonds. The van der Waals surface area contributed by atoms with Crippen LogP contribution in [0.5, 0.6) is 5.75 Å². The second kappa shape index (κ2) is 5.13. The molecule has 4 heteroatoms. The molecule has 0 radical (unpaired) electrons. The Bertz CT molecular complexity index is 722. The van der Waals surface area contributed by atoms with Crippen molar-refractivity contribution in [3.8, 4) is 5.75 Å². The van der Waals surface area contributed by atoms with Crippen LogP contribution < -0.4 is 10.1 Å². The Hall–Kier alpha value is -2.07. The van der Waals surface area contributed by atoms with Crippen LogP contribution in [0.2, 0.25) is 0 Å². The highest BCUT2D eigenvalue weighted by atomic mass is 79.9. The number of anilines is 1. The maximum atomic E-state index is 12.1. The van der Waals surface area contributed by atoms with Crippen LogP contribution in [0.3, 0.4) is 0 Å². The molecule has 1 aliphatic heterocycles. The molecule has 0 aliphatic carbocycles. The van der Waals surface area contributed by atoms with Crippen LogP contribution in [0.15, 0.2) is 46.9 Å². The van der Waals surface area contributed by atoms with E-state index in [1.165, 1.54) is 0 Å². The van der Waals surface area contributed by atoms with Gasteiger partial charge in [-0.3, -0.25) is 4.79 Å². The number of benzene rings is 2. The van der Waals surface area contributed by atoms with E-state index in [0.29, 0.717) is 5.57 Å². The minimum Gasteiger partial charge on any atom is -0.497 e. The topological polar surface area (TPSA) is 38.3 Å². The van der Waals surface area contributed by atoms with Gasteiger partial charge in [-0.25, -0.2) is 0 Å². The summed E-state index contributed by atoms with van der Waals surface area (Å²) in [6.07, 6.45) is 1.89. The maximum absolute atomic E-state index is 12.1. The Kier molecular flexibility index (Phi) is 3.32. The number of ether oxygens (including phenoxy) is 1. The Morgan fingerprint density at radius 1 is 1.20 bits per heavy atom. The molecule has 2 aromatic carbocycles. The number of fused-ring (bicyclic) bond motifs is 1. The molecular formula is C16H12BrNO2. The monoisotopic (exact) mass is 329 g/mol. The molecule has 0 spiro atoms. The molecule has 2 aromatic rings. The fourth-order valence-corrected chi connectivity index (χ4v) is 2.62. The SMILES string of the molecule is COc1ccc2c(c1)NC(=O)/C2=C/c1cccc(Br)c1. The van der Waals surface area contributed by atoms with Crippen molar-refractivity contribution in [1.29, 1.82) is 0 Å². The van der Waals surface area contributed by atoms with Crippen molar-refractivity contribution in [3.05, 3.63) is 58.1 Å². The molecule has 0 saturated heterocycles. The summed E-state index contributed by atoms with van der Waals surface area (Å²) in [7, 11) is 1.61. The number of hydrogen-bond donors (Lipinski definition) is 1. The standard InChI is InChI=1S/C16H12BrNO2/c1-20-12-5-6-13-14(16(19)18-15(13)9-12)8-10-3-2-4-11(17)7-10/h2-9H,1H3,(H,18,19)/b14-8+. The van der Waals surface area contributed by atoms with Crippen molar-refractivity contribution in [2.24, 2.45) is 0 Å². The van der Waals surface area contributed by atoms with E-state index in [1.54, 1.807) is 7.11 Å². The number of amides is 1. The third kappa shape index (κ3) is 2.34. The van der Waals surface area contributed by atoms with Gasteiger partial charge in [0.2, 0.25) is 0 Å². The van der Waals surface area contributed by atoms with Crippen LogP contribution in [0, 0.1) is 0 Å². The molecule has 3 rings (SSSR count). The first-order valence-electron chi connectivity index (χ1n) is 6.14. The molecule has 1 aliphatic rings. The molecule has 100 valence electrons. The molecule has 0 fully saturated rings. The van der Waals surface area contributed by atoms with Crippen molar-refractivity contribution in [2.45, 2.75) is 0 Å². The highest BCUT2D eigenvalue weighted by Gasteiger charge is 2.24. The molecule has 1 heterocycles. The highest BCUT2D eigenvalue weighted by molar-refractivity contribution is 9.10. The van der Waals surface area contributed by atoms with Crippen LogP contribution in [-0.4, -0.2) is 13.0 Å². The van der Waals surface area contributed by atoms with Crippen LogP contribution in [-0.2, 0) is 4.79 Å². The second-order valence-corrected chi connectivity index (χ2v) is 5.39. The van der Waals surface area contributed by atoms with Crippen LogP contribution in [0.1, 0.15) is 11.1 Å². The maximum Gasteiger partial charge on any atom is 0.256 e. The van der Waals surface area contributed by atoms with E-state index in [0.717, 1.165) is 27.0 Å². The summed E-state index contributed by atoms with van der Waals surface area (Å²) in [6, 6.07) is 13.4. The summed E-state index contributed by atoms with van der Waals surface area (Å²) in [4.78, 5) is 12.1. The van der Waals surface area contributed by atoms with Crippen LogP contribution in [0.25, 0.3) is 11.6 Å². The van der Waals surface area contributed by atoms with Gasteiger partial charge in [0.05, 0.1) is 12.8 Å². The Morgan fingerprint density at radius 3 is 2.80 bits per heavy atom. The zero-order chi connectivity index (χ0) is 14.1. The Morgan fingerprint density at radius 2 is 2.05 bits per heavy atom. The number of methoxy groups -OCH3 is 1. The van der Waals surface area contributed by atoms with E-state index in [2.05, 4.69) is 21.2 Å². The second-order valence-electron chi connectivity index (χ2n) is 4.48. The van der Waals surface area contributed by atoms with Crippen molar-refractivity contribution in [2.75, 3.05) is 12.4 Å². The molecule has 0 bridgehead atoms. The average molecular weight is 330 g/mol. The number of carbonyl (C=O) groups excluding carboxylic acids is 1. The lowest BCUT2D eigenvalue weighted by atomic mass is 10.0. The summed E-state index contributed by atoms with van der Waals surface area (Å²) in [6.45, 7) is 0. The third-order valence-corrected chi connectivity index (χ3v) is 3.66. The predicted molar refractivity (Wildman–Crippen MR) is 83.6 cm³/mol. The normalized spacial score (nSPS) is 15.1. The van der Waals surface area contributed by atoms with Gasteiger partial charge in [0.15, 0.2) is 0 Å². The summed E-state index contributed by atoms with van der Waals surface area (Å²) in [5, 5.41) is 2.86. The summed E-state index contributed by atoms with van der Waals surface area (Å²) < 4.78 is 6.15. The van der Waals surface area contributed by atoms with E-state index in [9.17, 15) is 4.79 Å². The van der Waals surface area contributed by atoms with Gasteiger partial charge in [-0.1, -0.05) is 28.1 Å². The van der Waals surface area contributed by atoms with Gasteiger partial charge in [0.1, 0.15) is 5.75 Å². The third-order valence-electron chi connectivity index (χ3n) is 3.17. The Labute approximate surface area is 125 Å². The summed E-state index contributed by atoms with van der Waals surface area (Å²) in [5.74, 6) is 0.640. The van der Waals surface area contributed by atoms with Crippen LogP contribution in [0.4, 0.5) is 5.69 Å². The van der Waals surface area contributed by atoms with Gasteiger partial charge >= 0.3 is 0 Å². The highest BCUT2D eigenvalue weighted by Crippen LogP contribution is 2.35. The number of rotatable bonds is 2. The number of carbonyl (C=O) groups is 1. The molecule has 20 heavy (non-hydrogen) atoms. The molecule has 0 atom stereocenters. The zero-order valence-corrected chi connectivity index (χ0v) is 12.4. The van der Waals surface area contributed by atoms with Crippen molar-refractivity contribution < 1.29 is 9.53 Å². The lowest BCUT2D eigenvalue weighted by Crippen LogP contribution is -2.03. The van der Waals surface area contributed by atoms with E-state index in [-0.39, 0.29) is 5.91 Å². The average Bonchev–Trinajstić information content (AvgIpc) is 2.74. The quantitative estimate of drug-likeness (QED) is 0.847. The minimum absolute atomic E-state index is 0.0896. The van der Waals surface area contributed by atoms with Gasteiger partial charge in [-0.2, -0.15) is 0 Å². The smallest absolute Gasteiger partial charge is 0.256 e. The van der Waals surface area contributed by atoms with E-state index >= 15 is 0 Å². The number of hydrogen-bond acceptors (Lipinski definition) is 2. The zero-order valence-electron chi connectivity index (χ0n) is 10.8. The van der Waals surface area contributed by atoms with E-state index in [4.69, 9.17) is 4.74 Å². The molecule has 3 nitrogen and oxygen atoms in total. The van der Waals surface area contributed by atoms with E-state index in [1.807, 2.05) is 48.5 Å². The van der Waals surface area contributed by atoms with Gasteiger partial charge in [0.25, 0.3) is 5.91 Å². The lowest BCUT2D eigenvalue weighted by Gasteiger charge is -2.02. The first kappa shape index (κ1) is 12.9. The molecule has 0 unspecified atom stereocenters. The largest absolute Gasteiger partial charge is 0.497 e. The van der Waals surface area contributed by atoms with Crippen LogP contribution >= 0.6 is 15.9 Å². The molecule has 1 N–H and O–H groups in total. The fraction of sp³-hybridized carbons (Fsp3) is 0.0625. The first-order valence-corrected chi connectivity index (χ1v) is 6.94. The summed E-state index contributed by atoms with van der Waals surface area (Å²) >= 11 is 3.43. The lowest BCUT2D eigenvalue weighted by molar-refractivity contribution is -0.110. The molecular weight excluding hydrogens is 318 g/mol. The van der Waals surface area contributed by atoms with E-state index < -0.39 is 0 Å². The minimum atomic E-state index is -0.0896. The van der Waals surface area contributed by atoms with Gasteiger partial charge in [0, 0.05) is 21.7 Å². The summed E-state index contributed by atoms with van der Waals surface area (Å²) in [5.41, 5.74) is 3.33. The van der Waals surface area contributed by atoms with Crippen molar-refractivity contribution in [3.63, 3.8) is 0 Å².